The Hall–Kier alpha value is -1.38. The van der Waals surface area contributed by atoms with Gasteiger partial charge in [0.25, 0.3) is 0 Å². The number of primary amides is 1. The fourth-order valence-electron chi connectivity index (χ4n) is 2.07. The average molecular weight is 221 g/mol. The quantitative estimate of drug-likeness (QED) is 0.815. The summed E-state index contributed by atoms with van der Waals surface area (Å²) >= 11 is 0. The molecule has 2 N–H and O–H groups in total. The lowest BCUT2D eigenvalue weighted by Gasteiger charge is -2.15. The molecular formula is C13H16FNO. The predicted octanol–water partition coefficient (Wildman–Crippen LogP) is 2.58. The van der Waals surface area contributed by atoms with Crippen LogP contribution in [-0.4, -0.2) is 5.91 Å². The number of nitrogens with two attached hydrogens (primary N) is 1. The number of halogens is 1. The minimum atomic E-state index is -0.282. The van der Waals surface area contributed by atoms with Crippen LogP contribution in [0.15, 0.2) is 24.3 Å². The van der Waals surface area contributed by atoms with Gasteiger partial charge in [0.15, 0.2) is 0 Å². The van der Waals surface area contributed by atoms with Gasteiger partial charge >= 0.3 is 0 Å². The van der Waals surface area contributed by atoms with Gasteiger partial charge in [-0.25, -0.2) is 4.39 Å². The monoisotopic (exact) mass is 221 g/mol. The Morgan fingerprint density at radius 2 is 2.00 bits per heavy atom. The second-order valence-electron chi connectivity index (χ2n) is 4.60. The first-order chi connectivity index (χ1) is 7.65. The number of hydrogen-bond acceptors (Lipinski definition) is 1. The highest BCUT2D eigenvalue weighted by Gasteiger charge is 2.27. The van der Waals surface area contributed by atoms with Crippen LogP contribution in [0, 0.1) is 11.7 Å². The summed E-state index contributed by atoms with van der Waals surface area (Å²) in [5.41, 5.74) is 6.26. The first kappa shape index (κ1) is 11.1. The second kappa shape index (κ2) is 4.64. The number of amides is 1. The Bertz CT molecular complexity index is 370. The zero-order valence-corrected chi connectivity index (χ0v) is 9.16. The molecule has 0 aliphatic heterocycles. The molecule has 0 radical (unpaired) electrons. The zero-order valence-electron chi connectivity index (χ0n) is 9.16. The first-order valence-corrected chi connectivity index (χ1v) is 5.69. The minimum Gasteiger partial charge on any atom is -0.370 e. The zero-order chi connectivity index (χ0) is 11.5. The fourth-order valence-corrected chi connectivity index (χ4v) is 2.07. The van der Waals surface area contributed by atoms with Gasteiger partial charge in [-0.05, 0) is 36.0 Å². The highest BCUT2D eigenvalue weighted by molar-refractivity contribution is 5.74. The summed E-state index contributed by atoms with van der Waals surface area (Å²) < 4.78 is 12.8. The summed E-state index contributed by atoms with van der Waals surface area (Å²) in [6, 6.07) is 6.39. The van der Waals surface area contributed by atoms with E-state index in [1.807, 2.05) is 0 Å². The molecule has 86 valence electrons. The first-order valence-electron chi connectivity index (χ1n) is 5.69. The second-order valence-corrected chi connectivity index (χ2v) is 4.60. The molecule has 1 aromatic carbocycles. The molecule has 1 unspecified atom stereocenters. The van der Waals surface area contributed by atoms with E-state index < -0.39 is 0 Å². The Morgan fingerprint density at radius 3 is 2.50 bits per heavy atom. The molecule has 0 aromatic heterocycles. The van der Waals surface area contributed by atoms with Crippen molar-refractivity contribution >= 4 is 5.91 Å². The lowest BCUT2D eigenvalue weighted by molar-refractivity contribution is -0.118. The van der Waals surface area contributed by atoms with Gasteiger partial charge in [-0.15, -0.1) is 0 Å². The van der Waals surface area contributed by atoms with Crippen molar-refractivity contribution in [3.8, 4) is 0 Å². The molecule has 16 heavy (non-hydrogen) atoms. The smallest absolute Gasteiger partial charge is 0.218 e. The summed E-state index contributed by atoms with van der Waals surface area (Å²) in [5.74, 6) is 0.364. The van der Waals surface area contributed by atoms with Crippen LogP contribution in [0.1, 0.15) is 37.2 Å². The minimum absolute atomic E-state index is 0.158. The topological polar surface area (TPSA) is 43.1 Å². The van der Waals surface area contributed by atoms with Crippen LogP contribution in [0.25, 0.3) is 0 Å². The maximum atomic E-state index is 12.8. The van der Waals surface area contributed by atoms with Crippen LogP contribution in [0.2, 0.25) is 0 Å². The van der Waals surface area contributed by atoms with Crippen LogP contribution in [0.3, 0.4) is 0 Å². The number of hydrogen-bond donors (Lipinski definition) is 1. The number of benzene rings is 1. The normalized spacial score (nSPS) is 17.1. The van der Waals surface area contributed by atoms with Crippen molar-refractivity contribution in [2.75, 3.05) is 0 Å². The van der Waals surface area contributed by atoms with Gasteiger partial charge in [0.1, 0.15) is 5.82 Å². The standard InChI is InChI=1S/C13H16FNO/c14-12-5-3-10(4-6-12)11(8-13(15)16)7-9-1-2-9/h3-6,9,11H,1-2,7-8H2,(H2,15,16). The molecule has 0 saturated heterocycles. The lowest BCUT2D eigenvalue weighted by Crippen LogP contribution is -2.15. The summed E-state index contributed by atoms with van der Waals surface area (Å²) in [7, 11) is 0. The van der Waals surface area contributed by atoms with Crippen molar-refractivity contribution in [3.05, 3.63) is 35.6 Å². The lowest BCUT2D eigenvalue weighted by atomic mass is 9.90. The Labute approximate surface area is 94.6 Å². The van der Waals surface area contributed by atoms with Crippen molar-refractivity contribution in [2.45, 2.75) is 31.6 Å². The van der Waals surface area contributed by atoms with Crippen molar-refractivity contribution in [3.63, 3.8) is 0 Å². The molecule has 3 heteroatoms. The molecule has 2 nitrogen and oxygen atoms in total. The molecule has 1 aromatic rings. The van der Waals surface area contributed by atoms with Crippen LogP contribution >= 0.6 is 0 Å². The van der Waals surface area contributed by atoms with Crippen LogP contribution in [-0.2, 0) is 4.79 Å². The van der Waals surface area contributed by atoms with Gasteiger partial charge in [0, 0.05) is 6.42 Å². The van der Waals surface area contributed by atoms with E-state index >= 15 is 0 Å². The van der Waals surface area contributed by atoms with Gasteiger partial charge in [-0.3, -0.25) is 4.79 Å². The average Bonchev–Trinajstić information content (AvgIpc) is 3.01. The Kier molecular flexibility index (Phi) is 3.22. The Morgan fingerprint density at radius 1 is 1.38 bits per heavy atom. The van der Waals surface area contributed by atoms with E-state index in [1.165, 1.54) is 25.0 Å². The molecule has 0 bridgehead atoms. The van der Waals surface area contributed by atoms with Gasteiger partial charge in [-0.1, -0.05) is 25.0 Å². The number of carbonyl (C=O) groups is 1. The predicted molar refractivity (Wildman–Crippen MR) is 60.3 cm³/mol. The van der Waals surface area contributed by atoms with E-state index in [9.17, 15) is 9.18 Å². The SMILES string of the molecule is NC(=O)CC(CC1CC1)c1ccc(F)cc1. The van der Waals surface area contributed by atoms with Crippen molar-refractivity contribution < 1.29 is 9.18 Å². The van der Waals surface area contributed by atoms with Crippen LogP contribution in [0.4, 0.5) is 4.39 Å². The highest BCUT2D eigenvalue weighted by Crippen LogP contribution is 2.39. The molecule has 1 fully saturated rings. The van der Waals surface area contributed by atoms with Gasteiger partial charge in [0.05, 0.1) is 0 Å². The molecule has 1 aliphatic rings. The molecule has 0 spiro atoms. The van der Waals surface area contributed by atoms with Crippen LogP contribution < -0.4 is 5.73 Å². The molecule has 1 atom stereocenters. The van der Waals surface area contributed by atoms with E-state index in [4.69, 9.17) is 5.73 Å². The third-order valence-corrected chi connectivity index (χ3v) is 3.10. The molecule has 1 amide bonds. The molecule has 0 heterocycles. The van der Waals surface area contributed by atoms with Gasteiger partial charge in [0.2, 0.25) is 5.91 Å². The molecule has 1 saturated carbocycles. The van der Waals surface area contributed by atoms with E-state index in [1.54, 1.807) is 12.1 Å². The number of carbonyl (C=O) groups excluding carboxylic acids is 1. The van der Waals surface area contributed by atoms with Gasteiger partial charge < -0.3 is 5.73 Å². The highest BCUT2D eigenvalue weighted by atomic mass is 19.1. The van der Waals surface area contributed by atoms with E-state index in [0.29, 0.717) is 6.42 Å². The Balaban J connectivity index is 2.09. The summed E-state index contributed by atoms with van der Waals surface area (Å²) in [5, 5.41) is 0. The molecule has 2 rings (SSSR count). The van der Waals surface area contributed by atoms with Crippen molar-refractivity contribution in [1.29, 1.82) is 0 Å². The third kappa shape index (κ3) is 3.05. The number of rotatable bonds is 5. The van der Waals surface area contributed by atoms with E-state index in [-0.39, 0.29) is 17.6 Å². The van der Waals surface area contributed by atoms with E-state index in [0.717, 1.165) is 17.9 Å². The largest absolute Gasteiger partial charge is 0.370 e. The third-order valence-electron chi connectivity index (χ3n) is 3.10. The maximum absolute atomic E-state index is 12.8. The summed E-state index contributed by atoms with van der Waals surface area (Å²) in [4.78, 5) is 11.0. The fraction of sp³-hybridized carbons (Fsp3) is 0.462. The maximum Gasteiger partial charge on any atom is 0.218 e. The summed E-state index contributed by atoms with van der Waals surface area (Å²) in [6.07, 6.45) is 3.85. The van der Waals surface area contributed by atoms with E-state index in [2.05, 4.69) is 0 Å². The van der Waals surface area contributed by atoms with Crippen molar-refractivity contribution in [1.82, 2.24) is 0 Å². The molecular weight excluding hydrogens is 205 g/mol. The van der Waals surface area contributed by atoms with Gasteiger partial charge in [-0.2, -0.15) is 0 Å². The molecule has 1 aliphatic carbocycles. The summed E-state index contributed by atoms with van der Waals surface area (Å²) in [6.45, 7) is 0. The van der Waals surface area contributed by atoms with Crippen molar-refractivity contribution in [2.24, 2.45) is 11.7 Å². The van der Waals surface area contributed by atoms with Crippen LogP contribution in [0.5, 0.6) is 0 Å².